The van der Waals surface area contributed by atoms with Gasteiger partial charge in [0.15, 0.2) is 0 Å². The Morgan fingerprint density at radius 2 is 2.04 bits per heavy atom. The first-order valence-electron chi connectivity index (χ1n) is 8.79. The predicted octanol–water partition coefficient (Wildman–Crippen LogP) is 2.29. The third kappa shape index (κ3) is 3.43. The van der Waals surface area contributed by atoms with E-state index < -0.39 is 0 Å². The number of carbonyl (C=O) groups excluding carboxylic acids is 1. The first kappa shape index (κ1) is 16.5. The first-order valence-corrected chi connectivity index (χ1v) is 8.79. The van der Waals surface area contributed by atoms with E-state index in [4.69, 9.17) is 10.5 Å². The Bertz CT molecular complexity index is 552. The van der Waals surface area contributed by atoms with E-state index >= 15 is 0 Å². The molecule has 1 amide bonds. The van der Waals surface area contributed by atoms with Crippen LogP contribution in [-0.2, 0) is 14.9 Å². The lowest BCUT2D eigenvalue weighted by atomic mass is 9.72. The van der Waals surface area contributed by atoms with Gasteiger partial charge in [-0.25, -0.2) is 0 Å². The highest BCUT2D eigenvalue weighted by Gasteiger charge is 2.37. The number of hydrogen-bond donors (Lipinski definition) is 2. The lowest BCUT2D eigenvalue weighted by molar-refractivity contribution is -0.125. The van der Waals surface area contributed by atoms with Gasteiger partial charge in [-0.1, -0.05) is 30.7 Å². The Morgan fingerprint density at radius 1 is 1.30 bits per heavy atom. The highest BCUT2D eigenvalue weighted by Crippen LogP contribution is 2.36. The second-order valence-electron chi connectivity index (χ2n) is 7.13. The number of nitrogens with two attached hydrogens (primary N) is 1. The van der Waals surface area contributed by atoms with Gasteiger partial charge in [0, 0.05) is 31.2 Å². The van der Waals surface area contributed by atoms with E-state index in [0.717, 1.165) is 45.3 Å². The predicted molar refractivity (Wildman–Crippen MR) is 91.2 cm³/mol. The number of nitrogens with one attached hydrogen (secondary N) is 1. The SMILES string of the molecule is Cc1ccccc1C1(CNC(=O)[C@@H]2CCC[C@H]2N)CCOCC1. The fourth-order valence-corrected chi connectivity index (χ4v) is 4.17. The van der Waals surface area contributed by atoms with E-state index in [1.165, 1.54) is 11.1 Å². The molecule has 0 bridgehead atoms. The van der Waals surface area contributed by atoms with E-state index in [1.54, 1.807) is 0 Å². The van der Waals surface area contributed by atoms with Gasteiger partial charge in [0.2, 0.25) is 5.91 Å². The average Bonchev–Trinajstić information content (AvgIpc) is 3.00. The molecule has 1 aromatic rings. The van der Waals surface area contributed by atoms with Gasteiger partial charge in [0.05, 0.1) is 5.92 Å². The molecule has 0 spiro atoms. The summed E-state index contributed by atoms with van der Waals surface area (Å²) in [4.78, 5) is 12.5. The number of carbonyl (C=O) groups is 1. The Balaban J connectivity index is 1.75. The number of benzene rings is 1. The van der Waals surface area contributed by atoms with Crippen LogP contribution in [0.2, 0.25) is 0 Å². The Labute approximate surface area is 138 Å². The highest BCUT2D eigenvalue weighted by molar-refractivity contribution is 5.79. The Morgan fingerprint density at radius 3 is 2.70 bits per heavy atom. The summed E-state index contributed by atoms with van der Waals surface area (Å²) >= 11 is 0. The van der Waals surface area contributed by atoms with Gasteiger partial charge in [0.1, 0.15) is 0 Å². The van der Waals surface area contributed by atoms with Crippen molar-refractivity contribution in [1.29, 1.82) is 0 Å². The van der Waals surface area contributed by atoms with Crippen molar-refractivity contribution < 1.29 is 9.53 Å². The fourth-order valence-electron chi connectivity index (χ4n) is 4.17. The molecule has 3 N–H and O–H groups in total. The van der Waals surface area contributed by atoms with Crippen LogP contribution in [-0.4, -0.2) is 31.7 Å². The van der Waals surface area contributed by atoms with Gasteiger partial charge in [-0.3, -0.25) is 4.79 Å². The zero-order chi connectivity index (χ0) is 16.3. The summed E-state index contributed by atoms with van der Waals surface area (Å²) in [6.45, 7) is 4.35. The second kappa shape index (κ2) is 7.02. The molecule has 0 aromatic heterocycles. The van der Waals surface area contributed by atoms with Crippen LogP contribution in [0.5, 0.6) is 0 Å². The van der Waals surface area contributed by atoms with Crippen molar-refractivity contribution >= 4 is 5.91 Å². The number of aryl methyl sites for hydroxylation is 1. The van der Waals surface area contributed by atoms with Crippen molar-refractivity contribution in [2.75, 3.05) is 19.8 Å². The summed E-state index contributed by atoms with van der Waals surface area (Å²) in [5, 5.41) is 3.22. The van der Waals surface area contributed by atoms with Gasteiger partial charge in [0.25, 0.3) is 0 Å². The molecule has 1 aliphatic heterocycles. The van der Waals surface area contributed by atoms with Crippen LogP contribution in [0.3, 0.4) is 0 Å². The van der Waals surface area contributed by atoms with Gasteiger partial charge < -0.3 is 15.8 Å². The Hall–Kier alpha value is -1.39. The molecule has 2 atom stereocenters. The summed E-state index contributed by atoms with van der Waals surface area (Å²) in [5.41, 5.74) is 8.70. The summed E-state index contributed by atoms with van der Waals surface area (Å²) in [6, 6.07) is 8.55. The highest BCUT2D eigenvalue weighted by atomic mass is 16.5. The van der Waals surface area contributed by atoms with Crippen LogP contribution in [0.15, 0.2) is 24.3 Å². The van der Waals surface area contributed by atoms with Crippen molar-refractivity contribution in [3.8, 4) is 0 Å². The molecule has 126 valence electrons. The molecule has 0 radical (unpaired) electrons. The maximum absolute atomic E-state index is 12.5. The maximum Gasteiger partial charge on any atom is 0.224 e. The lowest BCUT2D eigenvalue weighted by Crippen LogP contribution is -2.48. The normalized spacial score (nSPS) is 26.9. The third-order valence-electron chi connectivity index (χ3n) is 5.67. The smallest absolute Gasteiger partial charge is 0.224 e. The molecule has 0 unspecified atom stereocenters. The van der Waals surface area contributed by atoms with Crippen LogP contribution < -0.4 is 11.1 Å². The van der Waals surface area contributed by atoms with Crippen molar-refractivity contribution in [3.05, 3.63) is 35.4 Å². The minimum atomic E-state index is -0.0120. The molecule has 4 heteroatoms. The van der Waals surface area contributed by atoms with Crippen LogP contribution in [0, 0.1) is 12.8 Å². The topological polar surface area (TPSA) is 64.4 Å². The van der Waals surface area contributed by atoms with Crippen LogP contribution in [0.1, 0.15) is 43.2 Å². The average molecular weight is 316 g/mol. The molecule has 4 nitrogen and oxygen atoms in total. The van der Waals surface area contributed by atoms with E-state index in [1.807, 2.05) is 0 Å². The number of amides is 1. The summed E-state index contributed by atoms with van der Waals surface area (Å²) in [6.07, 6.45) is 4.86. The summed E-state index contributed by atoms with van der Waals surface area (Å²) < 4.78 is 5.58. The summed E-state index contributed by atoms with van der Waals surface area (Å²) in [7, 11) is 0. The minimum absolute atomic E-state index is 0.0104. The van der Waals surface area contributed by atoms with Gasteiger partial charge >= 0.3 is 0 Å². The van der Waals surface area contributed by atoms with Gasteiger partial charge in [-0.15, -0.1) is 0 Å². The van der Waals surface area contributed by atoms with E-state index in [2.05, 4.69) is 36.5 Å². The molecule has 1 heterocycles. The van der Waals surface area contributed by atoms with Crippen molar-refractivity contribution in [2.45, 2.75) is 50.5 Å². The minimum Gasteiger partial charge on any atom is -0.381 e. The molecule has 1 aromatic carbocycles. The van der Waals surface area contributed by atoms with E-state index in [0.29, 0.717) is 6.54 Å². The maximum atomic E-state index is 12.5. The zero-order valence-electron chi connectivity index (χ0n) is 14.0. The molecule has 23 heavy (non-hydrogen) atoms. The Kier molecular flexibility index (Phi) is 5.02. The van der Waals surface area contributed by atoms with Crippen molar-refractivity contribution in [1.82, 2.24) is 5.32 Å². The number of rotatable bonds is 4. The molecule has 2 fully saturated rings. The fraction of sp³-hybridized carbons (Fsp3) is 0.632. The number of ether oxygens (including phenoxy) is 1. The lowest BCUT2D eigenvalue weighted by Gasteiger charge is -2.39. The monoisotopic (exact) mass is 316 g/mol. The molecular weight excluding hydrogens is 288 g/mol. The summed E-state index contributed by atoms with van der Waals surface area (Å²) in [5.74, 6) is 0.123. The first-order chi connectivity index (χ1) is 11.1. The molecule has 3 rings (SSSR count). The molecule has 1 saturated heterocycles. The standard InChI is InChI=1S/C19H28N2O2/c1-14-5-2-3-7-16(14)19(9-11-23-12-10-19)13-21-18(22)15-6-4-8-17(15)20/h2-3,5,7,15,17H,4,6,8-13,20H2,1H3,(H,21,22)/t15-,17-/m1/s1. The quantitative estimate of drug-likeness (QED) is 0.896. The number of hydrogen-bond acceptors (Lipinski definition) is 3. The largest absolute Gasteiger partial charge is 0.381 e. The second-order valence-corrected chi connectivity index (χ2v) is 7.13. The molecule has 2 aliphatic rings. The molecular formula is C19H28N2O2. The van der Waals surface area contributed by atoms with Crippen LogP contribution >= 0.6 is 0 Å². The molecule has 1 saturated carbocycles. The zero-order valence-corrected chi connectivity index (χ0v) is 14.0. The van der Waals surface area contributed by atoms with Gasteiger partial charge in [-0.05, 0) is 43.7 Å². The van der Waals surface area contributed by atoms with E-state index in [-0.39, 0.29) is 23.3 Å². The third-order valence-corrected chi connectivity index (χ3v) is 5.67. The van der Waals surface area contributed by atoms with Crippen LogP contribution in [0.25, 0.3) is 0 Å². The van der Waals surface area contributed by atoms with Gasteiger partial charge in [-0.2, -0.15) is 0 Å². The van der Waals surface area contributed by atoms with Crippen molar-refractivity contribution in [2.24, 2.45) is 11.7 Å². The van der Waals surface area contributed by atoms with E-state index in [9.17, 15) is 4.79 Å². The molecule has 1 aliphatic carbocycles. The van der Waals surface area contributed by atoms with Crippen LogP contribution in [0.4, 0.5) is 0 Å². The van der Waals surface area contributed by atoms with Crippen molar-refractivity contribution in [3.63, 3.8) is 0 Å².